The summed E-state index contributed by atoms with van der Waals surface area (Å²) >= 11 is 5.78. The Morgan fingerprint density at radius 1 is 1.47 bits per heavy atom. The van der Waals surface area contributed by atoms with Crippen LogP contribution in [0.25, 0.3) is 0 Å². The van der Waals surface area contributed by atoms with Crippen LogP contribution >= 0.6 is 11.6 Å². The van der Waals surface area contributed by atoms with Crippen LogP contribution in [0, 0.1) is 16.0 Å². The highest BCUT2D eigenvalue weighted by Gasteiger charge is 2.21. The van der Waals surface area contributed by atoms with Crippen molar-refractivity contribution in [3.05, 3.63) is 38.9 Å². The zero-order chi connectivity index (χ0) is 13.8. The normalized spacial score (nSPS) is 14.8. The number of carbonyl (C=O) groups excluding carboxylic acids is 1. The number of nitrogens with one attached hydrogen (secondary N) is 1. The van der Waals surface area contributed by atoms with E-state index in [2.05, 4.69) is 5.32 Å². The van der Waals surface area contributed by atoms with Gasteiger partial charge in [-0.2, -0.15) is 0 Å². The number of amides is 1. The van der Waals surface area contributed by atoms with Gasteiger partial charge in [0.05, 0.1) is 4.92 Å². The van der Waals surface area contributed by atoms with E-state index < -0.39 is 10.8 Å². The number of nitro benzene ring substituents is 1. The minimum atomic E-state index is -0.572. The van der Waals surface area contributed by atoms with Gasteiger partial charge in [0.1, 0.15) is 5.56 Å². The maximum Gasteiger partial charge on any atom is 0.282 e. The van der Waals surface area contributed by atoms with Gasteiger partial charge < -0.3 is 5.32 Å². The summed E-state index contributed by atoms with van der Waals surface area (Å²) in [7, 11) is 0. The molecular formula is C13H15ClN2O3. The molecule has 0 atom stereocenters. The fraction of sp³-hybridized carbons (Fsp3) is 0.462. The summed E-state index contributed by atoms with van der Waals surface area (Å²) < 4.78 is 0. The highest BCUT2D eigenvalue weighted by Crippen LogP contribution is 2.29. The molecule has 0 saturated heterocycles. The van der Waals surface area contributed by atoms with Gasteiger partial charge in [-0.3, -0.25) is 14.9 Å². The number of rotatable bonds is 5. The first kappa shape index (κ1) is 13.8. The maximum atomic E-state index is 11.9. The number of nitrogens with zero attached hydrogens (tertiary/aromatic N) is 1. The SMILES string of the molecule is O=C(NCCC1CCC1)c1cc(Cl)ccc1[N+](=O)[O-]. The fourth-order valence-electron chi connectivity index (χ4n) is 2.12. The Bertz CT molecular complexity index is 501. The van der Waals surface area contributed by atoms with E-state index >= 15 is 0 Å². The van der Waals surface area contributed by atoms with Gasteiger partial charge in [-0.25, -0.2) is 0 Å². The van der Waals surface area contributed by atoms with Crippen LogP contribution < -0.4 is 5.32 Å². The van der Waals surface area contributed by atoms with Crippen molar-refractivity contribution >= 4 is 23.2 Å². The zero-order valence-electron chi connectivity index (χ0n) is 10.4. The van der Waals surface area contributed by atoms with Crippen molar-refractivity contribution in [1.29, 1.82) is 0 Å². The van der Waals surface area contributed by atoms with Crippen LogP contribution in [0.1, 0.15) is 36.0 Å². The molecule has 0 bridgehead atoms. The number of hydrogen-bond acceptors (Lipinski definition) is 3. The van der Waals surface area contributed by atoms with Crippen LogP contribution in [-0.4, -0.2) is 17.4 Å². The Hall–Kier alpha value is -1.62. The third-order valence-electron chi connectivity index (χ3n) is 3.46. The van der Waals surface area contributed by atoms with Gasteiger partial charge in [-0.05, 0) is 24.5 Å². The quantitative estimate of drug-likeness (QED) is 0.666. The molecule has 1 aromatic carbocycles. The van der Waals surface area contributed by atoms with Crippen LogP contribution in [0.4, 0.5) is 5.69 Å². The van der Waals surface area contributed by atoms with Crippen molar-refractivity contribution < 1.29 is 9.72 Å². The zero-order valence-corrected chi connectivity index (χ0v) is 11.2. The summed E-state index contributed by atoms with van der Waals surface area (Å²) in [5.74, 6) is 0.253. The first-order chi connectivity index (χ1) is 9.08. The average Bonchev–Trinajstić information content (AvgIpc) is 2.31. The van der Waals surface area contributed by atoms with E-state index in [1.165, 1.54) is 37.5 Å². The molecule has 1 aliphatic carbocycles. The molecule has 1 N–H and O–H groups in total. The van der Waals surface area contributed by atoms with Gasteiger partial charge in [-0.1, -0.05) is 30.9 Å². The number of nitro groups is 1. The molecule has 19 heavy (non-hydrogen) atoms. The molecule has 0 radical (unpaired) electrons. The van der Waals surface area contributed by atoms with E-state index in [1.807, 2.05) is 0 Å². The summed E-state index contributed by atoms with van der Waals surface area (Å²) in [5, 5.41) is 13.9. The minimum absolute atomic E-state index is 0.0195. The lowest BCUT2D eigenvalue weighted by atomic mass is 9.83. The van der Waals surface area contributed by atoms with Crippen LogP contribution in [0.2, 0.25) is 5.02 Å². The molecule has 0 aromatic heterocycles. The molecule has 1 saturated carbocycles. The van der Waals surface area contributed by atoms with E-state index in [4.69, 9.17) is 11.6 Å². The molecule has 6 heteroatoms. The van der Waals surface area contributed by atoms with Crippen LogP contribution in [0.3, 0.4) is 0 Å². The predicted octanol–water partition coefficient (Wildman–Crippen LogP) is 3.17. The van der Waals surface area contributed by atoms with E-state index in [9.17, 15) is 14.9 Å². The van der Waals surface area contributed by atoms with E-state index in [-0.39, 0.29) is 11.3 Å². The lowest BCUT2D eigenvalue weighted by Gasteiger charge is -2.25. The highest BCUT2D eigenvalue weighted by molar-refractivity contribution is 6.31. The summed E-state index contributed by atoms with van der Waals surface area (Å²) in [6, 6.07) is 3.99. The van der Waals surface area contributed by atoms with Gasteiger partial charge in [-0.15, -0.1) is 0 Å². The number of carbonyl (C=O) groups is 1. The van der Waals surface area contributed by atoms with E-state index in [1.54, 1.807) is 0 Å². The second-order valence-electron chi connectivity index (χ2n) is 4.76. The largest absolute Gasteiger partial charge is 0.352 e. The van der Waals surface area contributed by atoms with Crippen molar-refractivity contribution in [3.8, 4) is 0 Å². The third kappa shape index (κ3) is 3.44. The Kier molecular flexibility index (Phi) is 4.37. The molecule has 2 rings (SSSR count). The van der Waals surface area contributed by atoms with E-state index in [0.717, 1.165) is 6.42 Å². The lowest BCUT2D eigenvalue weighted by molar-refractivity contribution is -0.385. The molecule has 1 amide bonds. The van der Waals surface area contributed by atoms with Crippen molar-refractivity contribution in [1.82, 2.24) is 5.32 Å². The van der Waals surface area contributed by atoms with Crippen molar-refractivity contribution in [3.63, 3.8) is 0 Å². The first-order valence-corrected chi connectivity index (χ1v) is 6.68. The van der Waals surface area contributed by atoms with Gasteiger partial charge >= 0.3 is 0 Å². The smallest absolute Gasteiger partial charge is 0.282 e. The summed E-state index contributed by atoms with van der Waals surface area (Å²) in [4.78, 5) is 22.2. The molecular weight excluding hydrogens is 268 g/mol. The van der Waals surface area contributed by atoms with Gasteiger partial charge in [0.2, 0.25) is 0 Å². The second-order valence-corrected chi connectivity index (χ2v) is 5.20. The number of halogens is 1. The molecule has 0 unspecified atom stereocenters. The van der Waals surface area contributed by atoms with Gasteiger partial charge in [0, 0.05) is 17.6 Å². The molecule has 102 valence electrons. The highest BCUT2D eigenvalue weighted by atomic mass is 35.5. The summed E-state index contributed by atoms with van der Waals surface area (Å²) in [6.07, 6.45) is 4.62. The summed E-state index contributed by atoms with van der Waals surface area (Å²) in [5.41, 5.74) is -0.198. The topological polar surface area (TPSA) is 72.2 Å². The van der Waals surface area contributed by atoms with Crippen LogP contribution in [0.15, 0.2) is 18.2 Å². The molecule has 0 aliphatic heterocycles. The van der Waals surface area contributed by atoms with Crippen LogP contribution in [-0.2, 0) is 0 Å². The number of hydrogen-bond donors (Lipinski definition) is 1. The predicted molar refractivity (Wildman–Crippen MR) is 72.4 cm³/mol. The fourth-order valence-corrected chi connectivity index (χ4v) is 2.29. The Labute approximate surface area is 116 Å². The first-order valence-electron chi connectivity index (χ1n) is 6.30. The Morgan fingerprint density at radius 3 is 2.79 bits per heavy atom. The minimum Gasteiger partial charge on any atom is -0.352 e. The van der Waals surface area contributed by atoms with Crippen LogP contribution in [0.5, 0.6) is 0 Å². The Morgan fingerprint density at radius 2 is 2.21 bits per heavy atom. The molecule has 1 aromatic rings. The van der Waals surface area contributed by atoms with Crippen molar-refractivity contribution in [2.75, 3.05) is 6.54 Å². The molecule has 5 nitrogen and oxygen atoms in total. The monoisotopic (exact) mass is 282 g/mol. The van der Waals surface area contributed by atoms with Crippen molar-refractivity contribution in [2.45, 2.75) is 25.7 Å². The molecule has 1 fully saturated rings. The molecule has 0 heterocycles. The van der Waals surface area contributed by atoms with Crippen molar-refractivity contribution in [2.24, 2.45) is 5.92 Å². The molecule has 1 aliphatic rings. The number of benzene rings is 1. The average molecular weight is 283 g/mol. The summed E-state index contributed by atoms with van der Waals surface area (Å²) in [6.45, 7) is 0.549. The second kappa shape index (κ2) is 6.02. The third-order valence-corrected chi connectivity index (χ3v) is 3.70. The Balaban J connectivity index is 2.00. The lowest BCUT2D eigenvalue weighted by Crippen LogP contribution is -2.27. The molecule has 0 spiro atoms. The standard InChI is InChI=1S/C13H15ClN2O3/c14-10-4-5-12(16(18)19)11(8-10)13(17)15-7-6-9-2-1-3-9/h4-5,8-9H,1-3,6-7H2,(H,15,17). The van der Waals surface area contributed by atoms with E-state index in [0.29, 0.717) is 17.5 Å². The maximum absolute atomic E-state index is 11.9. The van der Waals surface area contributed by atoms with Gasteiger partial charge in [0.15, 0.2) is 0 Å². The van der Waals surface area contributed by atoms with Gasteiger partial charge in [0.25, 0.3) is 11.6 Å².